The van der Waals surface area contributed by atoms with Gasteiger partial charge in [-0.2, -0.15) is 0 Å². The molecule has 0 unspecified atom stereocenters. The van der Waals surface area contributed by atoms with Crippen LogP contribution in [0.25, 0.3) is 0 Å². The normalized spacial score (nSPS) is 10.2. The summed E-state index contributed by atoms with van der Waals surface area (Å²) in [6.45, 7) is 2.36. The Morgan fingerprint density at radius 3 is 2.32 bits per heavy atom. The van der Waals surface area contributed by atoms with Crippen LogP contribution < -0.4 is 10.1 Å². The predicted octanol–water partition coefficient (Wildman–Crippen LogP) is 3.38. The van der Waals surface area contributed by atoms with Crippen molar-refractivity contribution in [2.45, 2.75) is 13.3 Å². The van der Waals surface area contributed by atoms with Crippen LogP contribution in [0.1, 0.15) is 12.5 Å². The van der Waals surface area contributed by atoms with Crippen molar-refractivity contribution >= 4 is 29.1 Å². The van der Waals surface area contributed by atoms with Gasteiger partial charge in [0.25, 0.3) is 0 Å². The van der Waals surface area contributed by atoms with Crippen molar-refractivity contribution in [3.05, 3.63) is 59.1 Å². The lowest BCUT2D eigenvalue weighted by atomic mass is 10.1. The maximum Gasteiger partial charge on any atom is 0.226 e. The third-order valence-corrected chi connectivity index (χ3v) is 3.82. The minimum absolute atomic E-state index is 0.00647. The summed E-state index contributed by atoms with van der Waals surface area (Å²) in [5, 5.41) is 3.35. The first-order valence-electron chi connectivity index (χ1n) is 7.93. The monoisotopic (exact) mass is 360 g/mol. The summed E-state index contributed by atoms with van der Waals surface area (Å²) in [7, 11) is 1.75. The van der Waals surface area contributed by atoms with Gasteiger partial charge in [0.15, 0.2) is 0 Å². The van der Waals surface area contributed by atoms with Gasteiger partial charge in [-0.1, -0.05) is 23.7 Å². The number of nitrogens with one attached hydrogen (secondary N) is 1. The van der Waals surface area contributed by atoms with Gasteiger partial charge in [-0.25, -0.2) is 0 Å². The van der Waals surface area contributed by atoms with E-state index < -0.39 is 0 Å². The van der Waals surface area contributed by atoms with Gasteiger partial charge in [0, 0.05) is 24.7 Å². The third-order valence-electron chi connectivity index (χ3n) is 3.56. The van der Waals surface area contributed by atoms with E-state index in [0.29, 0.717) is 30.3 Å². The van der Waals surface area contributed by atoms with Crippen molar-refractivity contribution in [3.63, 3.8) is 0 Å². The highest BCUT2D eigenvalue weighted by atomic mass is 35.5. The minimum atomic E-state index is -0.121. The van der Waals surface area contributed by atoms with Crippen molar-refractivity contribution in [2.75, 3.05) is 25.5 Å². The molecule has 0 aliphatic rings. The largest absolute Gasteiger partial charge is 0.492 e. The average Bonchev–Trinajstić information content (AvgIpc) is 2.58. The van der Waals surface area contributed by atoms with Crippen molar-refractivity contribution in [3.8, 4) is 5.75 Å². The van der Waals surface area contributed by atoms with Crippen LogP contribution in [0.5, 0.6) is 5.75 Å². The molecule has 0 atom stereocenters. The van der Waals surface area contributed by atoms with E-state index >= 15 is 0 Å². The summed E-state index contributed by atoms with van der Waals surface area (Å²) >= 11 is 5.82. The van der Waals surface area contributed by atoms with Gasteiger partial charge in [-0.3, -0.25) is 9.59 Å². The van der Waals surface area contributed by atoms with E-state index in [9.17, 15) is 9.59 Å². The molecular formula is C19H21ClN2O3. The highest BCUT2D eigenvalue weighted by Gasteiger charge is 2.10. The Labute approximate surface area is 152 Å². The molecule has 0 aliphatic heterocycles. The van der Waals surface area contributed by atoms with Crippen molar-refractivity contribution in [1.29, 1.82) is 0 Å². The zero-order valence-electron chi connectivity index (χ0n) is 14.3. The molecule has 25 heavy (non-hydrogen) atoms. The molecule has 0 aliphatic carbocycles. The number of ether oxygens (including phenoxy) is 1. The Morgan fingerprint density at radius 2 is 1.72 bits per heavy atom. The second-order valence-corrected chi connectivity index (χ2v) is 6.11. The SMILES string of the molecule is CC(=O)Nc1ccc(CC(=O)N(C)CCOc2ccc(Cl)cc2)cc1. The molecule has 0 saturated heterocycles. The fourth-order valence-corrected chi connectivity index (χ4v) is 2.30. The number of carbonyl (C=O) groups is 2. The number of hydrogen-bond acceptors (Lipinski definition) is 3. The van der Waals surface area contributed by atoms with E-state index in [1.165, 1.54) is 6.92 Å². The Balaban J connectivity index is 1.77. The summed E-state index contributed by atoms with van der Waals surface area (Å²) in [5.41, 5.74) is 1.61. The van der Waals surface area contributed by atoms with E-state index in [-0.39, 0.29) is 11.8 Å². The standard InChI is InChI=1S/C19H21ClN2O3/c1-14(23)21-17-7-3-15(4-8-17)13-19(24)22(2)11-12-25-18-9-5-16(20)6-10-18/h3-10H,11-13H2,1-2H3,(H,21,23). The fraction of sp³-hybridized carbons (Fsp3) is 0.263. The molecule has 1 N–H and O–H groups in total. The van der Waals surface area contributed by atoms with Crippen molar-refractivity contribution in [1.82, 2.24) is 4.90 Å². The zero-order chi connectivity index (χ0) is 18.2. The molecule has 2 aromatic rings. The molecule has 132 valence electrons. The van der Waals surface area contributed by atoms with E-state index in [4.69, 9.17) is 16.3 Å². The van der Waals surface area contributed by atoms with Crippen LogP contribution in [0.4, 0.5) is 5.69 Å². The van der Waals surface area contributed by atoms with Gasteiger partial charge < -0.3 is 15.0 Å². The topological polar surface area (TPSA) is 58.6 Å². The summed E-state index contributed by atoms with van der Waals surface area (Å²) in [4.78, 5) is 24.9. The summed E-state index contributed by atoms with van der Waals surface area (Å²) in [5.74, 6) is 0.607. The van der Waals surface area contributed by atoms with Crippen LogP contribution in [0.3, 0.4) is 0 Å². The second kappa shape index (κ2) is 9.08. The van der Waals surface area contributed by atoms with E-state index in [1.807, 2.05) is 12.1 Å². The molecule has 0 aromatic heterocycles. The Hall–Kier alpha value is -2.53. The molecule has 2 rings (SSSR count). The van der Waals surface area contributed by atoms with Gasteiger partial charge in [-0.15, -0.1) is 0 Å². The number of nitrogens with zero attached hydrogens (tertiary/aromatic N) is 1. The Bertz CT molecular complexity index is 714. The maximum absolute atomic E-state index is 12.2. The molecule has 2 amide bonds. The molecule has 0 bridgehead atoms. The lowest BCUT2D eigenvalue weighted by Crippen LogP contribution is -2.32. The molecule has 2 aromatic carbocycles. The summed E-state index contributed by atoms with van der Waals surface area (Å²) in [6, 6.07) is 14.3. The van der Waals surface area contributed by atoms with Gasteiger partial charge in [0.05, 0.1) is 13.0 Å². The third kappa shape index (κ3) is 6.47. The number of carbonyl (C=O) groups excluding carboxylic acids is 2. The van der Waals surface area contributed by atoms with Gasteiger partial charge in [0.1, 0.15) is 12.4 Å². The average molecular weight is 361 g/mol. The number of halogens is 1. The molecule has 0 saturated carbocycles. The van der Waals surface area contributed by atoms with Gasteiger partial charge >= 0.3 is 0 Å². The van der Waals surface area contributed by atoms with Gasteiger partial charge in [0.2, 0.25) is 11.8 Å². The first-order valence-corrected chi connectivity index (χ1v) is 8.30. The van der Waals surface area contributed by atoms with Crippen LogP contribution in [-0.2, 0) is 16.0 Å². The molecule has 5 nitrogen and oxygen atoms in total. The van der Waals surface area contributed by atoms with E-state index in [0.717, 1.165) is 11.3 Å². The molecular weight excluding hydrogens is 340 g/mol. The predicted molar refractivity (Wildman–Crippen MR) is 99.0 cm³/mol. The van der Waals surface area contributed by atoms with Crippen LogP contribution in [-0.4, -0.2) is 36.9 Å². The highest BCUT2D eigenvalue weighted by molar-refractivity contribution is 6.30. The summed E-state index contributed by atoms with van der Waals surface area (Å²) in [6.07, 6.45) is 0.303. The molecule has 0 spiro atoms. The van der Waals surface area contributed by atoms with Crippen LogP contribution in [0, 0.1) is 0 Å². The van der Waals surface area contributed by atoms with Crippen molar-refractivity contribution < 1.29 is 14.3 Å². The smallest absolute Gasteiger partial charge is 0.226 e. The molecule has 0 radical (unpaired) electrons. The maximum atomic E-state index is 12.2. The van der Waals surface area contributed by atoms with E-state index in [1.54, 1.807) is 48.3 Å². The zero-order valence-corrected chi connectivity index (χ0v) is 15.0. The lowest BCUT2D eigenvalue weighted by Gasteiger charge is -2.17. The molecule has 0 fully saturated rings. The molecule has 6 heteroatoms. The minimum Gasteiger partial charge on any atom is -0.492 e. The Kier molecular flexibility index (Phi) is 6.83. The quantitative estimate of drug-likeness (QED) is 0.823. The number of anilines is 1. The van der Waals surface area contributed by atoms with Crippen molar-refractivity contribution in [2.24, 2.45) is 0 Å². The number of rotatable bonds is 7. The first-order chi connectivity index (χ1) is 11.9. The second-order valence-electron chi connectivity index (χ2n) is 5.67. The lowest BCUT2D eigenvalue weighted by molar-refractivity contribution is -0.129. The fourth-order valence-electron chi connectivity index (χ4n) is 2.17. The van der Waals surface area contributed by atoms with Crippen LogP contribution >= 0.6 is 11.6 Å². The molecule has 0 heterocycles. The van der Waals surface area contributed by atoms with Gasteiger partial charge in [-0.05, 0) is 42.0 Å². The number of likely N-dealkylation sites (N-methyl/N-ethyl adjacent to an activating group) is 1. The number of benzene rings is 2. The summed E-state index contributed by atoms with van der Waals surface area (Å²) < 4.78 is 5.59. The Morgan fingerprint density at radius 1 is 1.08 bits per heavy atom. The van der Waals surface area contributed by atoms with E-state index in [2.05, 4.69) is 5.32 Å². The van der Waals surface area contributed by atoms with Crippen LogP contribution in [0.15, 0.2) is 48.5 Å². The number of hydrogen-bond donors (Lipinski definition) is 1. The number of amides is 2. The highest BCUT2D eigenvalue weighted by Crippen LogP contribution is 2.15. The first kappa shape index (κ1) is 18.8. The van der Waals surface area contributed by atoms with Crippen LogP contribution in [0.2, 0.25) is 5.02 Å².